The number of benzene rings is 1. The molecule has 3 N–H and O–H groups in total. The van der Waals surface area contributed by atoms with Crippen LogP contribution in [0.5, 0.6) is 0 Å². The molecule has 0 heterocycles. The van der Waals surface area contributed by atoms with Gasteiger partial charge in [0, 0.05) is 0 Å². The summed E-state index contributed by atoms with van der Waals surface area (Å²) in [5.74, 6) is -1.50. The van der Waals surface area contributed by atoms with Gasteiger partial charge in [0.1, 0.15) is 29.6 Å². The van der Waals surface area contributed by atoms with E-state index in [0.717, 1.165) is 13.0 Å². The third-order valence-corrected chi connectivity index (χ3v) is 2.86. The van der Waals surface area contributed by atoms with E-state index < -0.39 is 23.9 Å². The molecule has 0 spiro atoms. The molecule has 1 aromatic rings. The van der Waals surface area contributed by atoms with E-state index in [1.807, 2.05) is 0 Å². The second-order valence-electron chi connectivity index (χ2n) is 4.57. The summed E-state index contributed by atoms with van der Waals surface area (Å²) in [4.78, 5) is 18.8. The minimum absolute atomic E-state index is 0.0214. The van der Waals surface area contributed by atoms with Gasteiger partial charge in [-0.25, -0.2) is 9.38 Å². The van der Waals surface area contributed by atoms with Crippen molar-refractivity contribution in [3.8, 4) is 0 Å². The molecule has 0 saturated heterocycles. The first kappa shape index (κ1) is 18.6. The molecule has 126 valence electrons. The van der Waals surface area contributed by atoms with E-state index in [0.29, 0.717) is 6.34 Å². The van der Waals surface area contributed by atoms with E-state index in [4.69, 9.17) is 5.73 Å². The van der Waals surface area contributed by atoms with Crippen molar-refractivity contribution in [3.63, 3.8) is 0 Å². The van der Waals surface area contributed by atoms with Gasteiger partial charge in [-0.05, 0) is 25.5 Å². The highest BCUT2D eigenvalue weighted by Crippen LogP contribution is 2.22. The van der Waals surface area contributed by atoms with Crippen LogP contribution in [-0.4, -0.2) is 30.2 Å². The molecule has 1 atom stereocenters. The highest BCUT2D eigenvalue weighted by molar-refractivity contribution is 6.44. The number of carbonyl (C=O) groups is 1. The van der Waals surface area contributed by atoms with Gasteiger partial charge in [-0.1, -0.05) is 13.0 Å². The fraction of sp³-hybridized carbons (Fsp3) is 0.357. The quantitative estimate of drug-likeness (QED) is 0.376. The van der Waals surface area contributed by atoms with Gasteiger partial charge in [0.15, 0.2) is 0 Å². The zero-order valence-electron chi connectivity index (χ0n) is 12.5. The van der Waals surface area contributed by atoms with Crippen molar-refractivity contribution in [1.29, 1.82) is 0 Å². The first-order chi connectivity index (χ1) is 10.7. The number of alkyl halides is 3. The van der Waals surface area contributed by atoms with Gasteiger partial charge in [0.25, 0.3) is 5.91 Å². The first-order valence-electron chi connectivity index (χ1n) is 6.67. The van der Waals surface area contributed by atoms with Crippen LogP contribution in [0.4, 0.5) is 28.9 Å². The van der Waals surface area contributed by atoms with Gasteiger partial charge in [-0.2, -0.15) is 13.2 Å². The number of nitrogens with two attached hydrogens (primary N) is 1. The molecular formula is C14H16F4N4O. The first-order valence-corrected chi connectivity index (χ1v) is 6.67. The van der Waals surface area contributed by atoms with Crippen molar-refractivity contribution in [2.24, 2.45) is 9.98 Å². The number of aliphatic imine (C=N–C) groups is 2. The Balaban J connectivity index is 2.87. The normalized spacial score (nSPS) is 14.1. The van der Waals surface area contributed by atoms with E-state index in [9.17, 15) is 22.4 Å². The minimum atomic E-state index is -4.48. The molecule has 5 nitrogen and oxygen atoms in total. The van der Waals surface area contributed by atoms with Crippen molar-refractivity contribution in [1.82, 2.24) is 0 Å². The Morgan fingerprint density at radius 2 is 2.09 bits per heavy atom. The molecule has 0 fully saturated rings. The summed E-state index contributed by atoms with van der Waals surface area (Å²) >= 11 is 0. The Hall–Kier alpha value is -2.45. The Bertz CT molecular complexity index is 605. The molecule has 9 heteroatoms. The molecule has 0 bridgehead atoms. The standard InChI is InChI=1S/C14H16F4N4O/c1-3-11(21-7-20-8(2)14(16,17)18)13(23)22-12-9(15)5-4-6-10(12)19/h4-8H,3,19H2,1-2H3,(H,22,23)/b20-7-,21-11+. The summed E-state index contributed by atoms with van der Waals surface area (Å²) in [5.41, 5.74) is 5.26. The number of hydrogen-bond donors (Lipinski definition) is 2. The zero-order valence-corrected chi connectivity index (χ0v) is 12.5. The zero-order chi connectivity index (χ0) is 17.6. The van der Waals surface area contributed by atoms with Gasteiger partial charge in [0.2, 0.25) is 0 Å². The number of nitrogen functional groups attached to an aromatic ring is 1. The number of rotatable bonds is 5. The van der Waals surface area contributed by atoms with Crippen LogP contribution in [-0.2, 0) is 4.79 Å². The number of amides is 1. The molecule has 23 heavy (non-hydrogen) atoms. The number of anilines is 2. The predicted molar refractivity (Wildman–Crippen MR) is 81.2 cm³/mol. The van der Waals surface area contributed by atoms with Crippen LogP contribution >= 0.6 is 0 Å². The molecule has 0 radical (unpaired) electrons. The van der Waals surface area contributed by atoms with E-state index >= 15 is 0 Å². The summed E-state index contributed by atoms with van der Waals surface area (Å²) in [6.07, 6.45) is -3.70. The second-order valence-corrected chi connectivity index (χ2v) is 4.57. The summed E-state index contributed by atoms with van der Waals surface area (Å²) in [7, 11) is 0. The number of nitrogens with zero attached hydrogens (tertiary/aromatic N) is 2. The number of para-hydroxylation sites is 1. The smallest absolute Gasteiger partial charge is 0.397 e. The van der Waals surface area contributed by atoms with Crippen molar-refractivity contribution in [3.05, 3.63) is 24.0 Å². The van der Waals surface area contributed by atoms with Crippen LogP contribution in [0.15, 0.2) is 28.2 Å². The fourth-order valence-corrected chi connectivity index (χ4v) is 1.46. The maximum absolute atomic E-state index is 13.6. The molecule has 1 amide bonds. The third kappa shape index (κ3) is 5.35. The van der Waals surface area contributed by atoms with Crippen molar-refractivity contribution in [2.45, 2.75) is 32.5 Å². The summed E-state index contributed by atoms with van der Waals surface area (Å²) in [6, 6.07) is 1.95. The van der Waals surface area contributed by atoms with E-state index in [2.05, 4.69) is 15.3 Å². The van der Waals surface area contributed by atoms with Crippen LogP contribution in [0.3, 0.4) is 0 Å². The highest BCUT2D eigenvalue weighted by atomic mass is 19.4. The lowest BCUT2D eigenvalue weighted by Crippen LogP contribution is -2.25. The maximum atomic E-state index is 13.6. The van der Waals surface area contributed by atoms with Crippen molar-refractivity contribution < 1.29 is 22.4 Å². The van der Waals surface area contributed by atoms with Crippen LogP contribution in [0.25, 0.3) is 0 Å². The molecule has 0 saturated carbocycles. The van der Waals surface area contributed by atoms with Crippen LogP contribution in [0.2, 0.25) is 0 Å². The number of nitrogens with one attached hydrogen (secondary N) is 1. The molecule has 1 rings (SSSR count). The minimum Gasteiger partial charge on any atom is -0.397 e. The topological polar surface area (TPSA) is 79.8 Å². The molecule has 1 unspecified atom stereocenters. The van der Waals surface area contributed by atoms with Crippen molar-refractivity contribution in [2.75, 3.05) is 11.1 Å². The fourth-order valence-electron chi connectivity index (χ4n) is 1.46. The van der Waals surface area contributed by atoms with Crippen LogP contribution in [0, 0.1) is 5.82 Å². The molecule has 0 aliphatic heterocycles. The Kier molecular flexibility index (Phi) is 6.23. The molecule has 0 aliphatic rings. The lowest BCUT2D eigenvalue weighted by atomic mass is 10.2. The maximum Gasteiger partial charge on any atom is 0.410 e. The number of carbonyl (C=O) groups excluding carboxylic acids is 1. The van der Waals surface area contributed by atoms with E-state index in [1.165, 1.54) is 12.1 Å². The second kappa shape index (κ2) is 7.70. The Morgan fingerprint density at radius 1 is 1.43 bits per heavy atom. The molecular weight excluding hydrogens is 316 g/mol. The predicted octanol–water partition coefficient (Wildman–Crippen LogP) is 3.18. The van der Waals surface area contributed by atoms with Crippen molar-refractivity contribution >= 4 is 29.3 Å². The largest absolute Gasteiger partial charge is 0.410 e. The lowest BCUT2D eigenvalue weighted by Gasteiger charge is -2.10. The molecule has 1 aromatic carbocycles. The number of hydrogen-bond acceptors (Lipinski definition) is 3. The summed E-state index contributed by atoms with van der Waals surface area (Å²) in [6.45, 7) is 2.43. The van der Waals surface area contributed by atoms with E-state index in [1.54, 1.807) is 6.92 Å². The Morgan fingerprint density at radius 3 is 2.61 bits per heavy atom. The van der Waals surface area contributed by atoms with Crippen LogP contribution < -0.4 is 11.1 Å². The van der Waals surface area contributed by atoms with E-state index in [-0.39, 0.29) is 23.5 Å². The van der Waals surface area contributed by atoms with Gasteiger partial charge < -0.3 is 11.1 Å². The van der Waals surface area contributed by atoms with Gasteiger partial charge in [0.05, 0.1) is 5.69 Å². The molecule has 0 aromatic heterocycles. The Labute approximate surface area is 130 Å². The number of halogens is 4. The third-order valence-electron chi connectivity index (χ3n) is 2.86. The van der Waals surface area contributed by atoms with Gasteiger partial charge >= 0.3 is 6.18 Å². The SMILES string of the molecule is CC/C(=N\C=N/C(C)C(F)(F)F)C(=O)Nc1c(N)cccc1F. The lowest BCUT2D eigenvalue weighted by molar-refractivity contribution is -0.142. The average Bonchev–Trinajstić information content (AvgIpc) is 2.46. The average molecular weight is 332 g/mol. The van der Waals surface area contributed by atoms with Gasteiger partial charge in [-0.15, -0.1) is 0 Å². The monoisotopic (exact) mass is 332 g/mol. The highest BCUT2D eigenvalue weighted by Gasteiger charge is 2.35. The summed E-state index contributed by atoms with van der Waals surface area (Å²) < 4.78 is 50.5. The molecule has 0 aliphatic carbocycles. The van der Waals surface area contributed by atoms with Gasteiger partial charge in [-0.3, -0.25) is 9.79 Å². The summed E-state index contributed by atoms with van der Waals surface area (Å²) in [5, 5.41) is 2.24. The van der Waals surface area contributed by atoms with Crippen LogP contribution in [0.1, 0.15) is 20.3 Å².